The molecule has 2 aromatic rings. The number of rotatable bonds is 5. The first kappa shape index (κ1) is 18.1. The highest BCUT2D eigenvalue weighted by molar-refractivity contribution is 6.32. The molecule has 0 bridgehead atoms. The minimum Gasteiger partial charge on any atom is -0.454 e. The molecule has 2 aromatic carbocycles. The quantitative estimate of drug-likeness (QED) is 0.788. The molecule has 0 aromatic heterocycles. The highest BCUT2D eigenvalue weighted by Gasteiger charge is 2.23. The zero-order valence-corrected chi connectivity index (χ0v) is 15.3. The van der Waals surface area contributed by atoms with Crippen LogP contribution >= 0.6 is 11.6 Å². The van der Waals surface area contributed by atoms with Crippen LogP contribution in [0.15, 0.2) is 30.3 Å². The van der Waals surface area contributed by atoms with Gasteiger partial charge in [-0.1, -0.05) is 31.5 Å². The van der Waals surface area contributed by atoms with E-state index >= 15 is 0 Å². The highest BCUT2D eigenvalue weighted by Crippen LogP contribution is 2.35. The van der Waals surface area contributed by atoms with Gasteiger partial charge in [0.05, 0.1) is 5.69 Å². The number of ether oxygens (including phenoxy) is 2. The maximum absolute atomic E-state index is 12.8. The first-order valence-electron chi connectivity index (χ1n) is 8.34. The Bertz CT molecular complexity index is 854. The van der Waals surface area contributed by atoms with E-state index in [0.717, 1.165) is 16.0 Å². The van der Waals surface area contributed by atoms with Crippen LogP contribution in [-0.4, -0.2) is 19.2 Å². The van der Waals surface area contributed by atoms with Gasteiger partial charge in [-0.2, -0.15) is 0 Å². The Kier molecular flexibility index (Phi) is 5.32. The van der Waals surface area contributed by atoms with Crippen LogP contribution in [0.1, 0.15) is 25.0 Å². The summed E-state index contributed by atoms with van der Waals surface area (Å²) < 4.78 is 10.6. The molecule has 0 atom stereocenters. The van der Waals surface area contributed by atoms with Gasteiger partial charge in [-0.15, -0.1) is 0 Å². The van der Waals surface area contributed by atoms with E-state index in [1.807, 2.05) is 19.9 Å². The number of imide groups is 1. The van der Waals surface area contributed by atoms with Gasteiger partial charge in [-0.25, -0.2) is 9.69 Å². The second kappa shape index (κ2) is 7.66. The Balaban J connectivity index is 1.93. The van der Waals surface area contributed by atoms with Crippen molar-refractivity contribution in [2.75, 3.05) is 17.0 Å². The molecule has 1 aliphatic rings. The number of anilines is 2. The molecule has 7 heteroatoms. The van der Waals surface area contributed by atoms with E-state index in [9.17, 15) is 9.59 Å². The van der Waals surface area contributed by atoms with Gasteiger partial charge < -0.3 is 14.8 Å². The monoisotopic (exact) mass is 374 g/mol. The minimum absolute atomic E-state index is 0.148. The molecule has 0 aliphatic carbocycles. The molecule has 136 valence electrons. The lowest BCUT2D eigenvalue weighted by Crippen LogP contribution is -2.35. The smallest absolute Gasteiger partial charge is 0.332 e. The van der Waals surface area contributed by atoms with Crippen LogP contribution in [0, 0.1) is 0 Å². The molecule has 3 rings (SSSR count). The lowest BCUT2D eigenvalue weighted by molar-refractivity contribution is -0.106. The summed E-state index contributed by atoms with van der Waals surface area (Å²) in [6.07, 6.45) is 1.77. The molecule has 0 unspecified atom stereocenters. The molecular formula is C19H19ClN2O4. The van der Waals surface area contributed by atoms with Crippen molar-refractivity contribution in [3.05, 3.63) is 46.5 Å². The fourth-order valence-corrected chi connectivity index (χ4v) is 3.23. The lowest BCUT2D eigenvalue weighted by Gasteiger charge is -2.23. The van der Waals surface area contributed by atoms with Gasteiger partial charge in [0.2, 0.25) is 13.2 Å². The molecule has 3 amide bonds. The van der Waals surface area contributed by atoms with E-state index < -0.39 is 6.03 Å². The summed E-state index contributed by atoms with van der Waals surface area (Å²) in [5.74, 6) is 1.17. The number of fused-ring (bicyclic) bond motifs is 1. The van der Waals surface area contributed by atoms with Crippen molar-refractivity contribution in [1.82, 2.24) is 0 Å². The summed E-state index contributed by atoms with van der Waals surface area (Å²) >= 11 is 6.28. The second-order valence-corrected chi connectivity index (χ2v) is 6.12. The molecular weight excluding hydrogens is 356 g/mol. The second-order valence-electron chi connectivity index (χ2n) is 5.71. The molecule has 1 heterocycles. The number of halogens is 1. The van der Waals surface area contributed by atoms with Crippen molar-refractivity contribution in [2.24, 2.45) is 0 Å². The predicted molar refractivity (Wildman–Crippen MR) is 100 cm³/mol. The van der Waals surface area contributed by atoms with Gasteiger partial charge in [0.15, 0.2) is 11.5 Å². The Morgan fingerprint density at radius 3 is 2.65 bits per heavy atom. The summed E-state index contributed by atoms with van der Waals surface area (Å²) in [4.78, 5) is 25.6. The van der Waals surface area contributed by atoms with Crippen LogP contribution in [0.5, 0.6) is 11.5 Å². The SMILES string of the molecule is CCc1ccc(Cl)c(CC)c1N(C=O)C(=O)Nc1ccc2c(c1)OCO2. The molecule has 0 fully saturated rings. The number of benzene rings is 2. The Hall–Kier alpha value is -2.73. The Labute approximate surface area is 156 Å². The van der Waals surface area contributed by atoms with E-state index in [1.165, 1.54) is 0 Å². The normalized spacial score (nSPS) is 12.0. The van der Waals surface area contributed by atoms with Crippen LogP contribution in [-0.2, 0) is 17.6 Å². The van der Waals surface area contributed by atoms with E-state index in [-0.39, 0.29) is 6.79 Å². The molecule has 0 saturated heterocycles. The molecule has 1 aliphatic heterocycles. The van der Waals surface area contributed by atoms with Crippen molar-refractivity contribution < 1.29 is 19.1 Å². The number of hydrogen-bond donors (Lipinski definition) is 1. The molecule has 0 radical (unpaired) electrons. The molecule has 0 spiro atoms. The summed E-state index contributed by atoms with van der Waals surface area (Å²) in [5.41, 5.74) is 2.68. The number of amides is 3. The largest absolute Gasteiger partial charge is 0.454 e. The summed E-state index contributed by atoms with van der Waals surface area (Å²) in [7, 11) is 0. The maximum atomic E-state index is 12.8. The minimum atomic E-state index is -0.564. The first-order valence-corrected chi connectivity index (χ1v) is 8.72. The average Bonchev–Trinajstić information content (AvgIpc) is 3.10. The summed E-state index contributed by atoms with van der Waals surface area (Å²) in [6, 6.07) is 8.11. The summed E-state index contributed by atoms with van der Waals surface area (Å²) in [6.45, 7) is 4.04. The van der Waals surface area contributed by atoms with E-state index in [4.69, 9.17) is 21.1 Å². The van der Waals surface area contributed by atoms with E-state index in [2.05, 4.69) is 5.32 Å². The number of carbonyl (C=O) groups is 2. The Morgan fingerprint density at radius 1 is 1.19 bits per heavy atom. The van der Waals surface area contributed by atoms with Gasteiger partial charge in [-0.3, -0.25) is 4.79 Å². The number of nitrogens with one attached hydrogen (secondary N) is 1. The van der Waals surface area contributed by atoms with Crippen LogP contribution in [0.25, 0.3) is 0 Å². The number of urea groups is 1. The summed E-state index contributed by atoms with van der Waals surface area (Å²) in [5, 5.41) is 3.25. The van der Waals surface area contributed by atoms with Crippen LogP contribution in [0.2, 0.25) is 5.02 Å². The van der Waals surface area contributed by atoms with E-state index in [0.29, 0.717) is 47.1 Å². The van der Waals surface area contributed by atoms with Gasteiger partial charge in [0.25, 0.3) is 0 Å². The topological polar surface area (TPSA) is 67.9 Å². The van der Waals surface area contributed by atoms with Crippen molar-refractivity contribution in [1.29, 1.82) is 0 Å². The highest BCUT2D eigenvalue weighted by atomic mass is 35.5. The van der Waals surface area contributed by atoms with Crippen LogP contribution in [0.4, 0.5) is 16.2 Å². The molecule has 26 heavy (non-hydrogen) atoms. The molecule has 1 N–H and O–H groups in total. The first-order chi connectivity index (χ1) is 12.6. The third-order valence-corrected chi connectivity index (χ3v) is 4.59. The third-order valence-electron chi connectivity index (χ3n) is 4.23. The zero-order valence-electron chi connectivity index (χ0n) is 14.5. The molecule has 0 saturated carbocycles. The standard InChI is InChI=1S/C19H19ClN2O4/c1-3-12-5-7-15(20)14(4-2)18(12)22(10-23)19(24)21-13-6-8-16-17(9-13)26-11-25-16/h5-10H,3-4,11H2,1-2H3,(H,21,24). The number of nitrogens with zero attached hydrogens (tertiary/aromatic N) is 1. The van der Waals surface area contributed by atoms with Crippen LogP contribution < -0.4 is 19.7 Å². The zero-order chi connectivity index (χ0) is 18.7. The van der Waals surface area contributed by atoms with Crippen molar-refractivity contribution in [3.8, 4) is 11.5 Å². The van der Waals surface area contributed by atoms with Crippen molar-refractivity contribution >= 4 is 35.4 Å². The lowest BCUT2D eigenvalue weighted by atomic mass is 10.0. The average molecular weight is 375 g/mol. The van der Waals surface area contributed by atoms with Gasteiger partial charge in [0, 0.05) is 16.8 Å². The van der Waals surface area contributed by atoms with Gasteiger partial charge >= 0.3 is 6.03 Å². The van der Waals surface area contributed by atoms with Crippen molar-refractivity contribution in [2.45, 2.75) is 26.7 Å². The third kappa shape index (κ3) is 3.32. The van der Waals surface area contributed by atoms with E-state index in [1.54, 1.807) is 24.3 Å². The maximum Gasteiger partial charge on any atom is 0.332 e. The van der Waals surface area contributed by atoms with Crippen LogP contribution in [0.3, 0.4) is 0 Å². The van der Waals surface area contributed by atoms with Gasteiger partial charge in [-0.05, 0) is 42.2 Å². The Morgan fingerprint density at radius 2 is 1.96 bits per heavy atom. The number of aryl methyl sites for hydroxylation is 1. The van der Waals surface area contributed by atoms with Crippen molar-refractivity contribution in [3.63, 3.8) is 0 Å². The van der Waals surface area contributed by atoms with Gasteiger partial charge in [0.1, 0.15) is 0 Å². The number of carbonyl (C=O) groups excluding carboxylic acids is 2. The number of hydrogen-bond acceptors (Lipinski definition) is 4. The molecule has 6 nitrogen and oxygen atoms in total. The fourth-order valence-electron chi connectivity index (χ4n) is 2.94. The fraction of sp³-hybridized carbons (Fsp3) is 0.263. The predicted octanol–water partition coefficient (Wildman–Crippen LogP) is 4.39.